The standard InChI is InChI=1S/C15H21NO/c1-11-6-8-12(9-7-11)13-4-2-3-5-14(13)15(17)10-16/h2-5,11-12H,6-10,16H2,1H3. The molecular weight excluding hydrogens is 210 g/mol. The molecule has 2 heteroatoms. The van der Waals surface area contributed by atoms with Gasteiger partial charge in [-0.05, 0) is 30.2 Å². The van der Waals surface area contributed by atoms with Crippen LogP contribution in [-0.2, 0) is 0 Å². The van der Waals surface area contributed by atoms with Gasteiger partial charge in [0.2, 0.25) is 0 Å². The van der Waals surface area contributed by atoms with Crippen LogP contribution < -0.4 is 5.73 Å². The predicted molar refractivity (Wildman–Crippen MR) is 70.2 cm³/mol. The van der Waals surface area contributed by atoms with E-state index in [0.717, 1.165) is 11.5 Å². The molecule has 2 N–H and O–H groups in total. The summed E-state index contributed by atoms with van der Waals surface area (Å²) in [6.45, 7) is 2.42. The van der Waals surface area contributed by atoms with Crippen LogP contribution in [0.1, 0.15) is 54.4 Å². The van der Waals surface area contributed by atoms with Crippen molar-refractivity contribution in [1.82, 2.24) is 0 Å². The summed E-state index contributed by atoms with van der Waals surface area (Å²) in [5, 5.41) is 0. The Morgan fingerprint density at radius 2 is 1.88 bits per heavy atom. The number of hydrogen-bond donors (Lipinski definition) is 1. The van der Waals surface area contributed by atoms with E-state index in [0.29, 0.717) is 5.92 Å². The first-order valence-corrected chi connectivity index (χ1v) is 6.54. The van der Waals surface area contributed by atoms with E-state index in [-0.39, 0.29) is 12.3 Å². The molecule has 0 aliphatic heterocycles. The van der Waals surface area contributed by atoms with Crippen LogP contribution in [0.4, 0.5) is 0 Å². The van der Waals surface area contributed by atoms with Crippen molar-refractivity contribution in [3.8, 4) is 0 Å². The lowest BCUT2D eigenvalue weighted by Crippen LogP contribution is -2.18. The molecule has 0 unspecified atom stereocenters. The van der Waals surface area contributed by atoms with Gasteiger partial charge in [-0.25, -0.2) is 0 Å². The zero-order valence-electron chi connectivity index (χ0n) is 10.5. The second-order valence-electron chi connectivity index (χ2n) is 5.17. The number of nitrogens with two attached hydrogens (primary N) is 1. The first-order chi connectivity index (χ1) is 8.22. The van der Waals surface area contributed by atoms with E-state index < -0.39 is 0 Å². The molecule has 0 amide bonds. The fraction of sp³-hybridized carbons (Fsp3) is 0.533. The lowest BCUT2D eigenvalue weighted by molar-refractivity contribution is 0.0999. The summed E-state index contributed by atoms with van der Waals surface area (Å²) >= 11 is 0. The summed E-state index contributed by atoms with van der Waals surface area (Å²) in [7, 11) is 0. The third-order valence-corrected chi connectivity index (χ3v) is 3.90. The summed E-state index contributed by atoms with van der Waals surface area (Å²) in [6, 6.07) is 7.98. The molecule has 17 heavy (non-hydrogen) atoms. The Kier molecular flexibility index (Phi) is 3.95. The van der Waals surface area contributed by atoms with Crippen molar-refractivity contribution >= 4 is 5.78 Å². The number of ketones is 1. The molecule has 0 radical (unpaired) electrons. The maximum Gasteiger partial charge on any atom is 0.176 e. The summed E-state index contributed by atoms with van der Waals surface area (Å²) in [5.74, 6) is 1.46. The molecule has 92 valence electrons. The van der Waals surface area contributed by atoms with E-state index >= 15 is 0 Å². The number of Topliss-reactive ketones (excluding diaryl/α,β-unsaturated/α-hetero) is 1. The topological polar surface area (TPSA) is 43.1 Å². The fourth-order valence-electron chi connectivity index (χ4n) is 2.79. The van der Waals surface area contributed by atoms with Crippen molar-refractivity contribution < 1.29 is 4.79 Å². The van der Waals surface area contributed by atoms with Crippen LogP contribution >= 0.6 is 0 Å². The molecule has 1 aromatic carbocycles. The lowest BCUT2D eigenvalue weighted by atomic mass is 9.77. The second kappa shape index (κ2) is 5.46. The van der Waals surface area contributed by atoms with Crippen molar-refractivity contribution in [1.29, 1.82) is 0 Å². The highest BCUT2D eigenvalue weighted by Gasteiger charge is 2.22. The molecule has 0 bridgehead atoms. The molecule has 1 saturated carbocycles. The molecular formula is C15H21NO. The normalized spacial score (nSPS) is 24.6. The van der Waals surface area contributed by atoms with Crippen molar-refractivity contribution in [2.45, 2.75) is 38.5 Å². The van der Waals surface area contributed by atoms with E-state index in [9.17, 15) is 4.79 Å². The summed E-state index contributed by atoms with van der Waals surface area (Å²) < 4.78 is 0. The van der Waals surface area contributed by atoms with Gasteiger partial charge in [-0.15, -0.1) is 0 Å². The van der Waals surface area contributed by atoms with Crippen LogP contribution in [0.25, 0.3) is 0 Å². The highest BCUT2D eigenvalue weighted by atomic mass is 16.1. The van der Waals surface area contributed by atoms with Crippen LogP contribution in [-0.4, -0.2) is 12.3 Å². The number of carbonyl (C=O) groups is 1. The van der Waals surface area contributed by atoms with E-state index in [1.807, 2.05) is 18.2 Å². The highest BCUT2D eigenvalue weighted by Crippen LogP contribution is 2.36. The SMILES string of the molecule is CC1CCC(c2ccccc2C(=O)CN)CC1. The molecule has 0 saturated heterocycles. The first-order valence-electron chi connectivity index (χ1n) is 6.54. The van der Waals surface area contributed by atoms with Crippen LogP contribution in [0.15, 0.2) is 24.3 Å². The summed E-state index contributed by atoms with van der Waals surface area (Å²) in [5.41, 5.74) is 7.53. The summed E-state index contributed by atoms with van der Waals surface area (Å²) in [6.07, 6.45) is 4.96. The predicted octanol–water partition coefficient (Wildman–Crippen LogP) is 3.12. The third kappa shape index (κ3) is 2.75. The molecule has 2 rings (SSSR count). The molecule has 0 spiro atoms. The molecule has 1 fully saturated rings. The maximum atomic E-state index is 11.8. The molecule has 1 aliphatic rings. The fourth-order valence-corrected chi connectivity index (χ4v) is 2.79. The largest absolute Gasteiger partial charge is 0.324 e. The van der Waals surface area contributed by atoms with E-state index in [1.165, 1.54) is 31.2 Å². The molecule has 0 heterocycles. The van der Waals surface area contributed by atoms with Gasteiger partial charge in [-0.1, -0.05) is 44.0 Å². The Hall–Kier alpha value is -1.15. The van der Waals surface area contributed by atoms with Gasteiger partial charge in [0, 0.05) is 5.56 Å². The number of benzene rings is 1. The zero-order chi connectivity index (χ0) is 12.3. The molecule has 0 atom stereocenters. The highest BCUT2D eigenvalue weighted by molar-refractivity contribution is 5.99. The number of hydrogen-bond acceptors (Lipinski definition) is 2. The van der Waals surface area contributed by atoms with Gasteiger partial charge in [0.15, 0.2) is 5.78 Å². The van der Waals surface area contributed by atoms with E-state index in [1.54, 1.807) is 0 Å². The first kappa shape index (κ1) is 12.3. The molecule has 2 nitrogen and oxygen atoms in total. The Labute approximate surface area is 103 Å². The van der Waals surface area contributed by atoms with Gasteiger partial charge in [0.1, 0.15) is 0 Å². The van der Waals surface area contributed by atoms with Crippen molar-refractivity contribution in [3.05, 3.63) is 35.4 Å². The summed E-state index contributed by atoms with van der Waals surface area (Å²) in [4.78, 5) is 11.8. The van der Waals surface area contributed by atoms with E-state index in [4.69, 9.17) is 5.73 Å². The lowest BCUT2D eigenvalue weighted by Gasteiger charge is -2.27. The minimum absolute atomic E-state index is 0.0687. The Morgan fingerprint density at radius 3 is 2.53 bits per heavy atom. The molecule has 0 aromatic heterocycles. The average Bonchev–Trinajstić information content (AvgIpc) is 2.39. The van der Waals surface area contributed by atoms with Crippen molar-refractivity contribution in [3.63, 3.8) is 0 Å². The van der Waals surface area contributed by atoms with Crippen LogP contribution in [0.5, 0.6) is 0 Å². The van der Waals surface area contributed by atoms with Crippen molar-refractivity contribution in [2.24, 2.45) is 11.7 Å². The van der Waals surface area contributed by atoms with Gasteiger partial charge in [0.05, 0.1) is 6.54 Å². The van der Waals surface area contributed by atoms with Gasteiger partial charge >= 0.3 is 0 Å². The van der Waals surface area contributed by atoms with Crippen LogP contribution in [0.3, 0.4) is 0 Å². The van der Waals surface area contributed by atoms with Gasteiger partial charge in [-0.2, -0.15) is 0 Å². The second-order valence-corrected chi connectivity index (χ2v) is 5.17. The Morgan fingerprint density at radius 1 is 1.24 bits per heavy atom. The smallest absolute Gasteiger partial charge is 0.176 e. The van der Waals surface area contributed by atoms with E-state index in [2.05, 4.69) is 13.0 Å². The van der Waals surface area contributed by atoms with Gasteiger partial charge in [0.25, 0.3) is 0 Å². The number of carbonyl (C=O) groups excluding carboxylic acids is 1. The zero-order valence-corrected chi connectivity index (χ0v) is 10.5. The average molecular weight is 231 g/mol. The Balaban J connectivity index is 2.23. The molecule has 1 aliphatic carbocycles. The number of rotatable bonds is 3. The van der Waals surface area contributed by atoms with Crippen LogP contribution in [0.2, 0.25) is 0 Å². The van der Waals surface area contributed by atoms with Crippen LogP contribution in [0, 0.1) is 5.92 Å². The van der Waals surface area contributed by atoms with Gasteiger partial charge < -0.3 is 5.73 Å². The third-order valence-electron chi connectivity index (χ3n) is 3.90. The minimum atomic E-state index is 0.0687. The minimum Gasteiger partial charge on any atom is -0.324 e. The van der Waals surface area contributed by atoms with Gasteiger partial charge in [-0.3, -0.25) is 4.79 Å². The Bertz CT molecular complexity index is 392. The van der Waals surface area contributed by atoms with Crippen molar-refractivity contribution in [2.75, 3.05) is 6.54 Å². The quantitative estimate of drug-likeness (QED) is 0.812. The monoisotopic (exact) mass is 231 g/mol. The maximum absolute atomic E-state index is 11.8. The molecule has 1 aromatic rings.